The number of hydrogen-bond acceptors (Lipinski definition) is 3. The highest BCUT2D eigenvalue weighted by atomic mass is 35.5. The van der Waals surface area contributed by atoms with E-state index in [4.69, 9.17) is 16.3 Å². The highest BCUT2D eigenvalue weighted by Crippen LogP contribution is 2.35. The molecule has 0 saturated heterocycles. The highest BCUT2D eigenvalue weighted by molar-refractivity contribution is 6.30. The van der Waals surface area contributed by atoms with Crippen molar-refractivity contribution >= 4 is 23.7 Å². The number of amides is 1. The number of carbonyl (C=O) groups is 1. The van der Waals surface area contributed by atoms with E-state index in [-0.39, 0.29) is 12.5 Å². The van der Waals surface area contributed by atoms with Gasteiger partial charge in [0.05, 0.1) is 17.6 Å². The second kappa shape index (κ2) is 11.4. The van der Waals surface area contributed by atoms with Crippen LogP contribution in [0.25, 0.3) is 28.2 Å². The number of nitrogens with one attached hydrogen (secondary N) is 1. The molecule has 5 aromatic rings. The molecule has 1 amide bonds. The van der Waals surface area contributed by atoms with Gasteiger partial charge in [-0.05, 0) is 53.6 Å². The summed E-state index contributed by atoms with van der Waals surface area (Å²) >= 11 is 5.89. The average Bonchev–Trinajstić information content (AvgIpc) is 3.33. The number of aromatic nitrogens is 1. The number of ether oxygens (including phenoxy) is 1. The van der Waals surface area contributed by atoms with Gasteiger partial charge in [0, 0.05) is 16.3 Å². The number of benzene rings is 4. The van der Waals surface area contributed by atoms with Gasteiger partial charge >= 0.3 is 0 Å². The monoisotopic (exact) mass is 505 g/mol. The minimum absolute atomic E-state index is 0.162. The molecule has 6 heteroatoms. The molecule has 0 saturated carbocycles. The quantitative estimate of drug-likeness (QED) is 0.182. The SMILES string of the molecule is O=C(COc1ccc(Cl)cc1)N/N=C\c1cc(-c2ccccc2)n(-c2ccccc2)c1-c1ccccc1. The number of nitrogens with zero attached hydrogens (tertiary/aromatic N) is 2. The normalized spacial score (nSPS) is 10.9. The Balaban J connectivity index is 1.48. The first kappa shape index (κ1) is 24.1. The van der Waals surface area contributed by atoms with Crippen molar-refractivity contribution in [3.63, 3.8) is 0 Å². The maximum Gasteiger partial charge on any atom is 0.277 e. The van der Waals surface area contributed by atoms with Crippen molar-refractivity contribution in [3.8, 4) is 34.0 Å². The van der Waals surface area contributed by atoms with E-state index in [0.29, 0.717) is 10.8 Å². The summed E-state index contributed by atoms with van der Waals surface area (Å²) in [4.78, 5) is 12.4. The Kier molecular flexibility index (Phi) is 7.44. The predicted octanol–water partition coefficient (Wildman–Crippen LogP) is 6.99. The predicted molar refractivity (Wildman–Crippen MR) is 149 cm³/mol. The molecule has 0 bridgehead atoms. The van der Waals surface area contributed by atoms with Gasteiger partial charge in [-0.3, -0.25) is 4.79 Å². The Morgan fingerprint density at radius 2 is 1.41 bits per heavy atom. The summed E-state index contributed by atoms with van der Waals surface area (Å²) in [5, 5.41) is 4.86. The van der Waals surface area contributed by atoms with Gasteiger partial charge in [-0.15, -0.1) is 0 Å². The van der Waals surface area contributed by atoms with E-state index in [1.54, 1.807) is 30.5 Å². The van der Waals surface area contributed by atoms with Gasteiger partial charge in [-0.25, -0.2) is 5.43 Å². The second-order valence-electron chi connectivity index (χ2n) is 8.27. The van der Waals surface area contributed by atoms with Crippen LogP contribution >= 0.6 is 11.6 Å². The van der Waals surface area contributed by atoms with E-state index in [2.05, 4.69) is 57.6 Å². The molecule has 0 radical (unpaired) electrons. The zero-order valence-corrected chi connectivity index (χ0v) is 20.7. The van der Waals surface area contributed by atoms with Crippen molar-refractivity contribution in [3.05, 3.63) is 132 Å². The Bertz CT molecular complexity index is 1500. The molecule has 0 aliphatic heterocycles. The van der Waals surface area contributed by atoms with Crippen molar-refractivity contribution in [2.24, 2.45) is 5.10 Å². The average molecular weight is 506 g/mol. The van der Waals surface area contributed by atoms with Crippen LogP contribution in [0.3, 0.4) is 0 Å². The molecule has 5 rings (SSSR count). The van der Waals surface area contributed by atoms with Crippen LogP contribution < -0.4 is 10.2 Å². The van der Waals surface area contributed by atoms with Crippen LogP contribution in [0.4, 0.5) is 0 Å². The van der Waals surface area contributed by atoms with Crippen LogP contribution in [-0.2, 0) is 4.79 Å². The summed E-state index contributed by atoms with van der Waals surface area (Å²) < 4.78 is 7.73. The summed E-state index contributed by atoms with van der Waals surface area (Å²) in [5.74, 6) is 0.195. The first-order chi connectivity index (χ1) is 18.2. The van der Waals surface area contributed by atoms with Crippen molar-refractivity contribution < 1.29 is 9.53 Å². The van der Waals surface area contributed by atoms with Crippen LogP contribution in [-0.4, -0.2) is 23.3 Å². The van der Waals surface area contributed by atoms with Gasteiger partial charge in [-0.2, -0.15) is 5.10 Å². The van der Waals surface area contributed by atoms with E-state index >= 15 is 0 Å². The third-order valence-electron chi connectivity index (χ3n) is 5.74. The van der Waals surface area contributed by atoms with Crippen molar-refractivity contribution in [2.45, 2.75) is 0 Å². The Hall–Kier alpha value is -4.61. The second-order valence-corrected chi connectivity index (χ2v) is 8.71. The van der Waals surface area contributed by atoms with Gasteiger partial charge < -0.3 is 9.30 Å². The van der Waals surface area contributed by atoms with Gasteiger partial charge in [0.1, 0.15) is 5.75 Å². The number of carbonyl (C=O) groups excluding carboxylic acids is 1. The highest BCUT2D eigenvalue weighted by Gasteiger charge is 2.18. The van der Waals surface area contributed by atoms with Crippen LogP contribution in [0.15, 0.2) is 126 Å². The fourth-order valence-corrected chi connectivity index (χ4v) is 4.20. The van der Waals surface area contributed by atoms with Gasteiger partial charge in [0.15, 0.2) is 6.61 Å². The Morgan fingerprint density at radius 1 is 0.811 bits per heavy atom. The van der Waals surface area contributed by atoms with E-state index < -0.39 is 0 Å². The lowest BCUT2D eigenvalue weighted by molar-refractivity contribution is -0.123. The van der Waals surface area contributed by atoms with Crippen LogP contribution in [0.5, 0.6) is 5.75 Å². The molecule has 1 aromatic heterocycles. The third-order valence-corrected chi connectivity index (χ3v) is 5.99. The van der Waals surface area contributed by atoms with E-state index in [1.807, 2.05) is 54.6 Å². The summed E-state index contributed by atoms with van der Waals surface area (Å²) in [6.45, 7) is -0.162. The van der Waals surface area contributed by atoms with Crippen molar-refractivity contribution in [2.75, 3.05) is 6.61 Å². The molecular formula is C31H24ClN3O2. The first-order valence-electron chi connectivity index (χ1n) is 11.8. The first-order valence-corrected chi connectivity index (χ1v) is 12.2. The summed E-state index contributed by atoms with van der Waals surface area (Å²) in [7, 11) is 0. The van der Waals surface area contributed by atoms with Gasteiger partial charge in [-0.1, -0.05) is 90.5 Å². The summed E-state index contributed by atoms with van der Waals surface area (Å²) in [6, 6.07) is 39.5. The topological polar surface area (TPSA) is 55.6 Å². The van der Waals surface area contributed by atoms with Crippen LogP contribution in [0.2, 0.25) is 5.02 Å². The van der Waals surface area contributed by atoms with Crippen molar-refractivity contribution in [1.82, 2.24) is 9.99 Å². The Labute approximate surface area is 220 Å². The molecule has 0 aliphatic carbocycles. The van der Waals surface area contributed by atoms with Crippen LogP contribution in [0, 0.1) is 0 Å². The molecule has 1 N–H and O–H groups in total. The lowest BCUT2D eigenvalue weighted by Gasteiger charge is -2.15. The fraction of sp³-hybridized carbons (Fsp3) is 0.0323. The number of hydrogen-bond donors (Lipinski definition) is 1. The molecule has 37 heavy (non-hydrogen) atoms. The van der Waals surface area contributed by atoms with Gasteiger partial charge in [0.25, 0.3) is 5.91 Å². The third kappa shape index (κ3) is 5.80. The maximum atomic E-state index is 12.4. The molecule has 0 fully saturated rings. The van der Waals surface area contributed by atoms with E-state index in [1.165, 1.54) is 0 Å². The number of rotatable bonds is 8. The minimum Gasteiger partial charge on any atom is -0.484 e. The summed E-state index contributed by atoms with van der Waals surface area (Å²) in [6.07, 6.45) is 1.68. The fourth-order valence-electron chi connectivity index (χ4n) is 4.07. The molecule has 0 aliphatic rings. The molecule has 0 spiro atoms. The number of halogens is 1. The largest absolute Gasteiger partial charge is 0.484 e. The summed E-state index contributed by atoms with van der Waals surface area (Å²) in [5.41, 5.74) is 8.56. The number of para-hydroxylation sites is 1. The molecule has 182 valence electrons. The molecule has 0 atom stereocenters. The number of hydrazone groups is 1. The lowest BCUT2D eigenvalue weighted by Crippen LogP contribution is -2.24. The molecule has 4 aromatic carbocycles. The van der Waals surface area contributed by atoms with Crippen LogP contribution in [0.1, 0.15) is 5.56 Å². The van der Waals surface area contributed by atoms with E-state index in [0.717, 1.165) is 33.8 Å². The zero-order chi connectivity index (χ0) is 25.5. The smallest absolute Gasteiger partial charge is 0.277 e. The molecule has 1 heterocycles. The molecule has 0 unspecified atom stereocenters. The van der Waals surface area contributed by atoms with E-state index in [9.17, 15) is 4.79 Å². The maximum absolute atomic E-state index is 12.4. The standard InChI is InChI=1S/C31H24ClN3O2/c32-26-16-18-28(19-17-26)37-22-30(36)34-33-21-25-20-29(23-10-4-1-5-11-23)35(27-14-8-3-9-15-27)31(25)24-12-6-2-7-13-24/h1-21H,22H2,(H,34,36)/b33-21-. The lowest BCUT2D eigenvalue weighted by atomic mass is 10.1. The molecular weight excluding hydrogens is 482 g/mol. The van der Waals surface area contributed by atoms with Gasteiger partial charge in [0.2, 0.25) is 0 Å². The molecule has 5 nitrogen and oxygen atoms in total. The zero-order valence-electron chi connectivity index (χ0n) is 19.9. The Morgan fingerprint density at radius 3 is 2.05 bits per heavy atom. The van der Waals surface area contributed by atoms with Crippen molar-refractivity contribution in [1.29, 1.82) is 0 Å². The minimum atomic E-state index is -0.363.